The lowest BCUT2D eigenvalue weighted by molar-refractivity contribution is -0.140. The number of rotatable bonds is 4. The van der Waals surface area contributed by atoms with Crippen molar-refractivity contribution in [3.8, 4) is 0 Å². The average Bonchev–Trinajstić information content (AvgIpc) is 2.34. The molecule has 0 saturated carbocycles. The van der Waals surface area contributed by atoms with E-state index in [-0.39, 0.29) is 17.3 Å². The second kappa shape index (κ2) is 6.10. The quantitative estimate of drug-likeness (QED) is 0.929. The number of aromatic nitrogens is 1. The summed E-state index contributed by atoms with van der Waals surface area (Å²) in [5, 5.41) is 2.71. The molecule has 106 valence electrons. The van der Waals surface area contributed by atoms with E-state index in [1.54, 1.807) is 7.05 Å². The summed E-state index contributed by atoms with van der Waals surface area (Å²) < 4.78 is 37.1. The van der Waals surface area contributed by atoms with Gasteiger partial charge < -0.3 is 10.2 Å². The molecular weight excluding hydrogens is 283 g/mol. The molecule has 0 fully saturated rings. The highest BCUT2D eigenvalue weighted by atomic mass is 35.5. The molecule has 0 radical (unpaired) electrons. The van der Waals surface area contributed by atoms with E-state index in [1.807, 2.05) is 0 Å². The van der Waals surface area contributed by atoms with Crippen molar-refractivity contribution in [2.24, 2.45) is 0 Å². The molecule has 1 aromatic rings. The minimum atomic E-state index is -4.46. The standard InChI is InChI=1S/C11H13ClF3N3O/c1-3-18(6-11(13,14)15)10(19)9-7(12)4-5-8(16-2)17-9/h4-5H,3,6H2,1-2H3,(H,16,17). The van der Waals surface area contributed by atoms with Gasteiger partial charge in [0.2, 0.25) is 0 Å². The summed E-state index contributed by atoms with van der Waals surface area (Å²) in [4.78, 5) is 16.5. The first-order chi connectivity index (χ1) is 8.78. The van der Waals surface area contributed by atoms with Crippen LogP contribution < -0.4 is 5.32 Å². The SMILES string of the molecule is CCN(CC(F)(F)F)C(=O)c1nc(NC)ccc1Cl. The third-order valence-electron chi connectivity index (χ3n) is 2.34. The molecule has 0 bridgehead atoms. The maximum Gasteiger partial charge on any atom is 0.406 e. The third-order valence-corrected chi connectivity index (χ3v) is 2.65. The predicted octanol–water partition coefficient (Wildman–Crippen LogP) is 2.80. The lowest BCUT2D eigenvalue weighted by Crippen LogP contribution is -2.39. The number of hydrogen-bond donors (Lipinski definition) is 1. The Morgan fingerprint density at radius 3 is 2.58 bits per heavy atom. The van der Waals surface area contributed by atoms with E-state index in [0.29, 0.717) is 10.7 Å². The molecule has 1 aromatic heterocycles. The van der Waals surface area contributed by atoms with Gasteiger partial charge >= 0.3 is 6.18 Å². The highest BCUT2D eigenvalue weighted by Gasteiger charge is 2.33. The highest BCUT2D eigenvalue weighted by Crippen LogP contribution is 2.21. The van der Waals surface area contributed by atoms with Gasteiger partial charge in [-0.15, -0.1) is 0 Å². The van der Waals surface area contributed by atoms with Crippen LogP contribution in [0.4, 0.5) is 19.0 Å². The van der Waals surface area contributed by atoms with Crippen molar-refractivity contribution in [3.05, 3.63) is 22.8 Å². The highest BCUT2D eigenvalue weighted by molar-refractivity contribution is 6.33. The number of nitrogens with one attached hydrogen (secondary N) is 1. The molecule has 19 heavy (non-hydrogen) atoms. The second-order valence-corrected chi connectivity index (χ2v) is 4.12. The van der Waals surface area contributed by atoms with Crippen LogP contribution in [0, 0.1) is 0 Å². The topological polar surface area (TPSA) is 45.2 Å². The fraction of sp³-hybridized carbons (Fsp3) is 0.455. The zero-order valence-corrected chi connectivity index (χ0v) is 11.1. The van der Waals surface area contributed by atoms with E-state index < -0.39 is 18.6 Å². The van der Waals surface area contributed by atoms with Crippen LogP contribution in [0.1, 0.15) is 17.4 Å². The van der Waals surface area contributed by atoms with E-state index in [2.05, 4.69) is 10.3 Å². The Kier molecular flexibility index (Phi) is 4.99. The van der Waals surface area contributed by atoms with Crippen molar-refractivity contribution in [2.75, 3.05) is 25.5 Å². The number of carbonyl (C=O) groups is 1. The summed E-state index contributed by atoms with van der Waals surface area (Å²) in [6.45, 7) is 0.0454. The molecule has 1 heterocycles. The van der Waals surface area contributed by atoms with Gasteiger partial charge in [0.05, 0.1) is 5.02 Å². The van der Waals surface area contributed by atoms with Crippen LogP contribution in [0.25, 0.3) is 0 Å². The zero-order chi connectivity index (χ0) is 14.6. The number of pyridine rings is 1. The Labute approximate surface area is 113 Å². The molecule has 0 saturated heterocycles. The predicted molar refractivity (Wildman–Crippen MR) is 66.4 cm³/mol. The Morgan fingerprint density at radius 2 is 2.11 bits per heavy atom. The van der Waals surface area contributed by atoms with Crippen LogP contribution in [0.2, 0.25) is 5.02 Å². The molecule has 4 nitrogen and oxygen atoms in total. The maximum atomic E-state index is 12.4. The van der Waals surface area contributed by atoms with Crippen molar-refractivity contribution in [1.82, 2.24) is 9.88 Å². The lowest BCUT2D eigenvalue weighted by atomic mass is 10.3. The largest absolute Gasteiger partial charge is 0.406 e. The monoisotopic (exact) mass is 295 g/mol. The van der Waals surface area contributed by atoms with Crippen molar-refractivity contribution < 1.29 is 18.0 Å². The van der Waals surface area contributed by atoms with Gasteiger partial charge in [-0.05, 0) is 19.1 Å². The van der Waals surface area contributed by atoms with Crippen molar-refractivity contribution >= 4 is 23.3 Å². The first-order valence-electron chi connectivity index (χ1n) is 5.48. The fourth-order valence-corrected chi connectivity index (χ4v) is 1.61. The minimum Gasteiger partial charge on any atom is -0.373 e. The first kappa shape index (κ1) is 15.6. The molecule has 8 heteroatoms. The molecule has 0 unspecified atom stereocenters. The summed E-state index contributed by atoms with van der Waals surface area (Å²) in [5.41, 5.74) is -0.195. The summed E-state index contributed by atoms with van der Waals surface area (Å²) in [7, 11) is 1.58. The Hall–Kier alpha value is -1.50. The van der Waals surface area contributed by atoms with Gasteiger partial charge in [0.15, 0.2) is 0 Å². The number of hydrogen-bond acceptors (Lipinski definition) is 3. The van der Waals surface area contributed by atoms with Crippen LogP contribution in [-0.4, -0.2) is 42.1 Å². The molecule has 1 amide bonds. The molecule has 0 aliphatic heterocycles. The van der Waals surface area contributed by atoms with Crippen molar-refractivity contribution in [1.29, 1.82) is 0 Å². The van der Waals surface area contributed by atoms with Crippen LogP contribution in [0.3, 0.4) is 0 Å². The fourth-order valence-electron chi connectivity index (χ4n) is 1.42. The molecule has 1 N–H and O–H groups in total. The van der Waals surface area contributed by atoms with E-state index in [4.69, 9.17) is 11.6 Å². The minimum absolute atomic E-state index is 0.0182. The van der Waals surface area contributed by atoms with Crippen molar-refractivity contribution in [3.63, 3.8) is 0 Å². The number of carbonyl (C=O) groups excluding carboxylic acids is 1. The van der Waals surface area contributed by atoms with Gasteiger partial charge in [0, 0.05) is 13.6 Å². The van der Waals surface area contributed by atoms with E-state index >= 15 is 0 Å². The molecule has 0 aliphatic rings. The second-order valence-electron chi connectivity index (χ2n) is 3.71. The number of nitrogens with zero attached hydrogens (tertiary/aromatic N) is 2. The number of alkyl halides is 3. The Bertz CT molecular complexity index is 465. The number of anilines is 1. The molecule has 0 atom stereocenters. The van der Waals surface area contributed by atoms with Crippen LogP contribution in [0.5, 0.6) is 0 Å². The van der Waals surface area contributed by atoms with Gasteiger partial charge in [-0.2, -0.15) is 13.2 Å². The average molecular weight is 296 g/mol. The van der Waals surface area contributed by atoms with Crippen LogP contribution >= 0.6 is 11.6 Å². The summed E-state index contributed by atoms with van der Waals surface area (Å²) in [6.07, 6.45) is -4.46. The van der Waals surface area contributed by atoms with Gasteiger partial charge in [0.25, 0.3) is 5.91 Å². The van der Waals surface area contributed by atoms with Gasteiger partial charge in [-0.3, -0.25) is 4.79 Å². The number of halogens is 4. The first-order valence-corrected chi connectivity index (χ1v) is 5.86. The molecule has 0 spiro atoms. The smallest absolute Gasteiger partial charge is 0.373 e. The van der Waals surface area contributed by atoms with E-state index in [0.717, 1.165) is 0 Å². The normalized spacial score (nSPS) is 11.3. The van der Waals surface area contributed by atoms with Gasteiger partial charge in [-0.1, -0.05) is 11.6 Å². The Balaban J connectivity index is 3.03. The molecule has 0 aliphatic carbocycles. The Morgan fingerprint density at radius 1 is 1.47 bits per heavy atom. The zero-order valence-electron chi connectivity index (χ0n) is 10.4. The van der Waals surface area contributed by atoms with Gasteiger partial charge in [0.1, 0.15) is 18.1 Å². The summed E-state index contributed by atoms with van der Waals surface area (Å²) >= 11 is 5.80. The maximum absolute atomic E-state index is 12.4. The summed E-state index contributed by atoms with van der Waals surface area (Å²) in [5.74, 6) is -0.488. The van der Waals surface area contributed by atoms with Crippen molar-refractivity contribution in [2.45, 2.75) is 13.1 Å². The van der Waals surface area contributed by atoms with E-state index in [9.17, 15) is 18.0 Å². The third kappa shape index (κ3) is 4.27. The molecular formula is C11H13ClF3N3O. The van der Waals surface area contributed by atoms with E-state index in [1.165, 1.54) is 19.1 Å². The van der Waals surface area contributed by atoms with Crippen LogP contribution in [-0.2, 0) is 0 Å². The molecule has 0 aromatic carbocycles. The molecule has 1 rings (SSSR count). The summed E-state index contributed by atoms with van der Waals surface area (Å²) in [6, 6.07) is 2.94. The number of amides is 1. The van der Waals surface area contributed by atoms with Crippen LogP contribution in [0.15, 0.2) is 12.1 Å². The lowest BCUT2D eigenvalue weighted by Gasteiger charge is -2.22. The van der Waals surface area contributed by atoms with Gasteiger partial charge in [-0.25, -0.2) is 4.98 Å².